The van der Waals surface area contributed by atoms with Gasteiger partial charge in [-0.25, -0.2) is 9.18 Å². The zero-order chi connectivity index (χ0) is 19.8. The number of halogens is 1. The highest BCUT2D eigenvalue weighted by atomic mass is 19.1. The average Bonchev–Trinajstić information content (AvgIpc) is 2.67. The summed E-state index contributed by atoms with van der Waals surface area (Å²) in [6.45, 7) is 1.84. The lowest BCUT2D eigenvalue weighted by Gasteiger charge is -2.14. The number of amides is 3. The summed E-state index contributed by atoms with van der Waals surface area (Å²) < 4.78 is 23.2. The van der Waals surface area contributed by atoms with E-state index in [2.05, 4.69) is 16.0 Å². The molecule has 0 unspecified atom stereocenters. The molecule has 0 aliphatic rings. The number of ether oxygens (including phenoxy) is 2. The third-order valence-corrected chi connectivity index (χ3v) is 3.78. The van der Waals surface area contributed by atoms with E-state index in [4.69, 9.17) is 9.47 Å². The molecule has 0 spiro atoms. The van der Waals surface area contributed by atoms with Crippen LogP contribution >= 0.6 is 0 Å². The minimum atomic E-state index is -0.501. The molecule has 144 valence electrons. The molecule has 7 nitrogen and oxygen atoms in total. The molecule has 27 heavy (non-hydrogen) atoms. The summed E-state index contributed by atoms with van der Waals surface area (Å²) in [5.41, 5.74) is 2.10. The molecule has 0 radical (unpaired) electrons. The molecule has 0 fully saturated rings. The van der Waals surface area contributed by atoms with Gasteiger partial charge in [0, 0.05) is 18.3 Å². The summed E-state index contributed by atoms with van der Waals surface area (Å²) in [7, 11) is 3.04. The van der Waals surface area contributed by atoms with Crippen LogP contribution < -0.4 is 25.4 Å². The molecule has 0 atom stereocenters. The maximum Gasteiger partial charge on any atom is 0.315 e. The normalized spacial score (nSPS) is 10.1. The van der Waals surface area contributed by atoms with Crippen molar-refractivity contribution in [1.82, 2.24) is 10.6 Å². The van der Waals surface area contributed by atoms with E-state index in [1.54, 1.807) is 24.3 Å². The number of aryl methyl sites for hydroxylation is 1. The van der Waals surface area contributed by atoms with Gasteiger partial charge in [0.15, 0.2) is 11.5 Å². The van der Waals surface area contributed by atoms with E-state index in [0.29, 0.717) is 17.2 Å². The van der Waals surface area contributed by atoms with Crippen LogP contribution in [0.3, 0.4) is 0 Å². The van der Waals surface area contributed by atoms with Crippen molar-refractivity contribution in [2.24, 2.45) is 0 Å². The number of anilines is 1. The minimum absolute atomic E-state index is 0.205. The van der Waals surface area contributed by atoms with Crippen LogP contribution in [0.15, 0.2) is 36.4 Å². The molecule has 0 saturated carbocycles. The van der Waals surface area contributed by atoms with E-state index in [1.807, 2.05) is 6.92 Å². The second-order valence-corrected chi connectivity index (χ2v) is 5.73. The minimum Gasteiger partial charge on any atom is -0.493 e. The lowest BCUT2D eigenvalue weighted by atomic mass is 10.1. The van der Waals surface area contributed by atoms with Gasteiger partial charge in [0.2, 0.25) is 5.91 Å². The van der Waals surface area contributed by atoms with Crippen LogP contribution in [0.4, 0.5) is 14.9 Å². The number of methoxy groups -OCH3 is 2. The molecule has 3 amide bonds. The first-order chi connectivity index (χ1) is 12.9. The smallest absolute Gasteiger partial charge is 0.315 e. The van der Waals surface area contributed by atoms with E-state index >= 15 is 0 Å². The van der Waals surface area contributed by atoms with Crippen LogP contribution in [0.2, 0.25) is 0 Å². The van der Waals surface area contributed by atoms with Crippen molar-refractivity contribution in [3.05, 3.63) is 53.3 Å². The average molecular weight is 375 g/mol. The standard InChI is InChI=1S/C19H22FN3O4/c1-12-8-16(26-2)17(27-3)9-15(12)23-18(24)11-22-19(25)21-10-13-4-6-14(20)7-5-13/h4-9H,10-11H2,1-3H3,(H,23,24)(H2,21,22,25). The third-order valence-electron chi connectivity index (χ3n) is 3.78. The summed E-state index contributed by atoms with van der Waals surface area (Å²) in [5.74, 6) is 0.322. The molecule has 0 heterocycles. The van der Waals surface area contributed by atoms with Gasteiger partial charge in [0.25, 0.3) is 0 Å². The Morgan fingerprint density at radius 3 is 2.26 bits per heavy atom. The number of hydrogen-bond acceptors (Lipinski definition) is 4. The van der Waals surface area contributed by atoms with Crippen LogP contribution in [0.1, 0.15) is 11.1 Å². The van der Waals surface area contributed by atoms with Gasteiger partial charge in [-0.3, -0.25) is 4.79 Å². The van der Waals surface area contributed by atoms with Gasteiger partial charge in [-0.2, -0.15) is 0 Å². The number of benzene rings is 2. The molecule has 0 aliphatic heterocycles. The Hall–Kier alpha value is -3.29. The van der Waals surface area contributed by atoms with Gasteiger partial charge >= 0.3 is 6.03 Å². The molecule has 2 aromatic carbocycles. The molecule has 3 N–H and O–H groups in total. The topological polar surface area (TPSA) is 88.7 Å². The Kier molecular flexibility index (Phi) is 6.99. The van der Waals surface area contributed by atoms with Gasteiger partial charge in [0.1, 0.15) is 5.82 Å². The fourth-order valence-electron chi connectivity index (χ4n) is 2.32. The van der Waals surface area contributed by atoms with Crippen molar-refractivity contribution < 1.29 is 23.5 Å². The summed E-state index contributed by atoms with van der Waals surface area (Å²) in [6.07, 6.45) is 0. The molecule has 0 saturated heterocycles. The molecular weight excluding hydrogens is 353 g/mol. The van der Waals surface area contributed by atoms with Crippen LogP contribution in [0, 0.1) is 12.7 Å². The van der Waals surface area contributed by atoms with Crippen molar-refractivity contribution in [2.45, 2.75) is 13.5 Å². The number of urea groups is 1. The zero-order valence-corrected chi connectivity index (χ0v) is 15.4. The van der Waals surface area contributed by atoms with Gasteiger partial charge in [0.05, 0.1) is 20.8 Å². The number of rotatable bonds is 7. The highest BCUT2D eigenvalue weighted by Crippen LogP contribution is 2.32. The lowest BCUT2D eigenvalue weighted by molar-refractivity contribution is -0.115. The SMILES string of the molecule is COc1cc(C)c(NC(=O)CNC(=O)NCc2ccc(F)cc2)cc1OC. The summed E-state index contributed by atoms with van der Waals surface area (Å²) in [5, 5.41) is 7.77. The zero-order valence-electron chi connectivity index (χ0n) is 15.4. The first-order valence-corrected chi connectivity index (χ1v) is 8.21. The maximum absolute atomic E-state index is 12.8. The van der Waals surface area contributed by atoms with Gasteiger partial charge < -0.3 is 25.4 Å². The summed E-state index contributed by atoms with van der Waals surface area (Å²) in [4.78, 5) is 23.8. The molecule has 0 bridgehead atoms. The first kappa shape index (κ1) is 20.0. The number of hydrogen-bond donors (Lipinski definition) is 3. The predicted molar refractivity (Wildman–Crippen MR) is 99.6 cm³/mol. The van der Waals surface area contributed by atoms with Crippen LogP contribution in [0.25, 0.3) is 0 Å². The Morgan fingerprint density at radius 2 is 1.63 bits per heavy atom. The highest BCUT2D eigenvalue weighted by molar-refractivity contribution is 5.95. The maximum atomic E-state index is 12.8. The van der Waals surface area contributed by atoms with Gasteiger partial charge in [-0.05, 0) is 36.2 Å². The van der Waals surface area contributed by atoms with Crippen molar-refractivity contribution in [2.75, 3.05) is 26.1 Å². The molecular formula is C19H22FN3O4. The van der Waals surface area contributed by atoms with Crippen molar-refractivity contribution in [3.63, 3.8) is 0 Å². The first-order valence-electron chi connectivity index (χ1n) is 8.21. The Balaban J connectivity index is 1.83. The molecule has 8 heteroatoms. The molecule has 2 aromatic rings. The number of carbonyl (C=O) groups excluding carboxylic acids is 2. The third kappa shape index (κ3) is 5.88. The molecule has 0 aliphatic carbocycles. The Bertz CT molecular complexity index is 809. The predicted octanol–water partition coefficient (Wildman–Crippen LogP) is 2.59. The van der Waals surface area contributed by atoms with Crippen LogP contribution in [-0.4, -0.2) is 32.7 Å². The van der Waals surface area contributed by atoms with E-state index < -0.39 is 6.03 Å². The van der Waals surface area contributed by atoms with Gasteiger partial charge in [-0.15, -0.1) is 0 Å². The van der Waals surface area contributed by atoms with E-state index in [-0.39, 0.29) is 24.8 Å². The molecule has 0 aromatic heterocycles. The fourth-order valence-corrected chi connectivity index (χ4v) is 2.32. The van der Waals surface area contributed by atoms with Gasteiger partial charge in [-0.1, -0.05) is 12.1 Å². The van der Waals surface area contributed by atoms with Crippen molar-refractivity contribution in [3.8, 4) is 11.5 Å². The largest absolute Gasteiger partial charge is 0.493 e. The highest BCUT2D eigenvalue weighted by Gasteiger charge is 2.12. The van der Waals surface area contributed by atoms with E-state index in [1.165, 1.54) is 26.4 Å². The summed E-state index contributed by atoms with van der Waals surface area (Å²) >= 11 is 0. The van der Waals surface area contributed by atoms with E-state index in [0.717, 1.165) is 11.1 Å². The Morgan fingerprint density at radius 1 is 1.00 bits per heavy atom. The summed E-state index contributed by atoms with van der Waals surface area (Å²) in [6, 6.07) is 8.67. The van der Waals surface area contributed by atoms with Crippen molar-refractivity contribution in [1.29, 1.82) is 0 Å². The monoisotopic (exact) mass is 375 g/mol. The van der Waals surface area contributed by atoms with Crippen LogP contribution in [0.5, 0.6) is 11.5 Å². The van der Waals surface area contributed by atoms with Crippen LogP contribution in [-0.2, 0) is 11.3 Å². The number of carbonyl (C=O) groups is 2. The second kappa shape index (κ2) is 9.42. The quantitative estimate of drug-likeness (QED) is 0.694. The fraction of sp³-hybridized carbons (Fsp3) is 0.263. The lowest BCUT2D eigenvalue weighted by Crippen LogP contribution is -2.39. The number of nitrogens with one attached hydrogen (secondary N) is 3. The van der Waals surface area contributed by atoms with Crippen molar-refractivity contribution >= 4 is 17.6 Å². The second-order valence-electron chi connectivity index (χ2n) is 5.73. The van der Waals surface area contributed by atoms with E-state index in [9.17, 15) is 14.0 Å². The Labute approximate surface area is 156 Å². The molecule has 2 rings (SSSR count).